The lowest BCUT2D eigenvalue weighted by atomic mass is 10.1. The molecule has 0 unspecified atom stereocenters. The van der Waals surface area contributed by atoms with Crippen LogP contribution in [0.25, 0.3) is 11.5 Å². The molecule has 0 N–H and O–H groups in total. The van der Waals surface area contributed by atoms with Crippen molar-refractivity contribution in [2.45, 2.75) is 32.3 Å². The Labute approximate surface area is 143 Å². The van der Waals surface area contributed by atoms with Crippen LogP contribution in [0, 0.1) is 16.0 Å². The third-order valence-corrected chi connectivity index (χ3v) is 3.96. The van der Waals surface area contributed by atoms with Crippen LogP contribution >= 0.6 is 0 Å². The SMILES string of the molecule is C[C@@H](OC(=O)C[C@@H]1C=CCC1)c1nnc(-c2ccc([N+](=O)[O-])cc2)o1. The molecule has 1 aliphatic carbocycles. The smallest absolute Gasteiger partial charge is 0.307 e. The molecular weight excluding hydrogens is 326 g/mol. The number of non-ortho nitro benzene ring substituents is 1. The number of hydrogen-bond acceptors (Lipinski definition) is 7. The van der Waals surface area contributed by atoms with Crippen LogP contribution in [-0.4, -0.2) is 21.1 Å². The molecule has 2 aromatic rings. The maximum atomic E-state index is 12.0. The van der Waals surface area contributed by atoms with Crippen molar-refractivity contribution in [3.8, 4) is 11.5 Å². The quantitative estimate of drug-likeness (QED) is 0.341. The fourth-order valence-corrected chi connectivity index (χ4v) is 2.62. The van der Waals surface area contributed by atoms with E-state index in [0.717, 1.165) is 12.8 Å². The van der Waals surface area contributed by atoms with E-state index in [2.05, 4.69) is 16.3 Å². The Morgan fingerprint density at radius 2 is 2.16 bits per heavy atom. The van der Waals surface area contributed by atoms with E-state index in [-0.39, 0.29) is 29.4 Å². The highest BCUT2D eigenvalue weighted by atomic mass is 16.6. The largest absolute Gasteiger partial charge is 0.453 e. The van der Waals surface area contributed by atoms with Gasteiger partial charge in [0.25, 0.3) is 11.6 Å². The van der Waals surface area contributed by atoms with Crippen LogP contribution in [-0.2, 0) is 9.53 Å². The second kappa shape index (κ2) is 7.25. The number of hydrogen-bond donors (Lipinski definition) is 0. The van der Waals surface area contributed by atoms with E-state index >= 15 is 0 Å². The van der Waals surface area contributed by atoms with E-state index in [4.69, 9.17) is 9.15 Å². The molecule has 0 amide bonds. The molecule has 2 atom stereocenters. The van der Waals surface area contributed by atoms with Crippen molar-refractivity contribution < 1.29 is 18.9 Å². The Morgan fingerprint density at radius 3 is 2.80 bits per heavy atom. The highest BCUT2D eigenvalue weighted by Crippen LogP contribution is 2.26. The lowest BCUT2D eigenvalue weighted by Gasteiger charge is -2.11. The van der Waals surface area contributed by atoms with Crippen molar-refractivity contribution >= 4 is 11.7 Å². The number of aromatic nitrogens is 2. The van der Waals surface area contributed by atoms with Gasteiger partial charge in [0, 0.05) is 17.7 Å². The van der Waals surface area contributed by atoms with Crippen molar-refractivity contribution in [3.05, 3.63) is 52.4 Å². The van der Waals surface area contributed by atoms with Gasteiger partial charge in [0.05, 0.1) is 11.3 Å². The van der Waals surface area contributed by atoms with Gasteiger partial charge in [-0.05, 0) is 37.8 Å². The zero-order valence-electron chi connectivity index (χ0n) is 13.6. The van der Waals surface area contributed by atoms with Crippen molar-refractivity contribution in [1.82, 2.24) is 10.2 Å². The van der Waals surface area contributed by atoms with Gasteiger partial charge in [0.15, 0.2) is 6.10 Å². The van der Waals surface area contributed by atoms with Gasteiger partial charge >= 0.3 is 5.97 Å². The number of carbonyl (C=O) groups is 1. The molecule has 0 saturated heterocycles. The van der Waals surface area contributed by atoms with Gasteiger partial charge in [-0.2, -0.15) is 0 Å². The molecule has 1 aliphatic rings. The summed E-state index contributed by atoms with van der Waals surface area (Å²) in [6.07, 6.45) is 5.74. The number of benzene rings is 1. The van der Waals surface area contributed by atoms with Gasteiger partial charge in [-0.15, -0.1) is 10.2 Å². The van der Waals surface area contributed by atoms with Gasteiger partial charge in [-0.25, -0.2) is 0 Å². The zero-order valence-corrected chi connectivity index (χ0v) is 13.6. The van der Waals surface area contributed by atoms with E-state index in [9.17, 15) is 14.9 Å². The standard InChI is InChI=1S/C17H17N3O5/c1-11(24-15(21)10-12-4-2-3-5-12)16-18-19-17(25-16)13-6-8-14(9-7-13)20(22)23/h2,4,6-9,11-12H,3,5,10H2,1H3/t11-,12-/m1/s1. The molecule has 0 fully saturated rings. The van der Waals surface area contributed by atoms with Crippen LogP contribution in [0.3, 0.4) is 0 Å². The summed E-state index contributed by atoms with van der Waals surface area (Å²) in [4.78, 5) is 22.1. The molecule has 130 valence electrons. The highest BCUT2D eigenvalue weighted by Gasteiger charge is 2.21. The Hall–Kier alpha value is -3.03. The van der Waals surface area contributed by atoms with E-state index in [1.807, 2.05) is 6.08 Å². The number of nitro benzene ring substituents is 1. The molecule has 1 heterocycles. The van der Waals surface area contributed by atoms with Gasteiger partial charge in [-0.1, -0.05) is 12.2 Å². The van der Waals surface area contributed by atoms with E-state index in [0.29, 0.717) is 12.0 Å². The van der Waals surface area contributed by atoms with Gasteiger partial charge in [-0.3, -0.25) is 14.9 Å². The molecule has 0 spiro atoms. The fraction of sp³-hybridized carbons (Fsp3) is 0.353. The van der Waals surface area contributed by atoms with E-state index < -0.39 is 11.0 Å². The zero-order chi connectivity index (χ0) is 17.8. The number of ether oxygens (including phenoxy) is 1. The molecule has 0 bridgehead atoms. The third kappa shape index (κ3) is 4.09. The number of nitro groups is 1. The topological polar surface area (TPSA) is 108 Å². The summed E-state index contributed by atoms with van der Waals surface area (Å²) in [5, 5.41) is 18.5. The third-order valence-electron chi connectivity index (χ3n) is 3.96. The summed E-state index contributed by atoms with van der Waals surface area (Å²) >= 11 is 0. The Balaban J connectivity index is 1.62. The van der Waals surface area contributed by atoms with Gasteiger partial charge in [0.2, 0.25) is 5.89 Å². The molecule has 3 rings (SSSR count). The Kier molecular flexibility index (Phi) is 4.87. The summed E-state index contributed by atoms with van der Waals surface area (Å²) in [6, 6.07) is 5.77. The molecule has 25 heavy (non-hydrogen) atoms. The minimum Gasteiger partial charge on any atom is -0.453 e. The highest BCUT2D eigenvalue weighted by molar-refractivity contribution is 5.70. The van der Waals surface area contributed by atoms with Gasteiger partial charge < -0.3 is 9.15 Å². The minimum atomic E-state index is -0.655. The molecular formula is C17H17N3O5. The van der Waals surface area contributed by atoms with Crippen molar-refractivity contribution in [2.24, 2.45) is 5.92 Å². The van der Waals surface area contributed by atoms with Crippen molar-refractivity contribution in [2.75, 3.05) is 0 Å². The molecule has 8 nitrogen and oxygen atoms in total. The first-order chi connectivity index (χ1) is 12.0. The molecule has 1 aromatic heterocycles. The van der Waals surface area contributed by atoms with Gasteiger partial charge in [0.1, 0.15) is 0 Å². The first-order valence-electron chi connectivity index (χ1n) is 7.97. The number of nitrogens with zero attached hydrogens (tertiary/aromatic N) is 3. The maximum absolute atomic E-state index is 12.0. The first-order valence-corrected chi connectivity index (χ1v) is 7.97. The van der Waals surface area contributed by atoms with Crippen LogP contribution < -0.4 is 0 Å². The monoisotopic (exact) mass is 343 g/mol. The normalized spacial score (nSPS) is 17.4. The molecule has 1 aromatic carbocycles. The second-order valence-corrected chi connectivity index (χ2v) is 5.85. The molecule has 8 heteroatoms. The van der Waals surface area contributed by atoms with Crippen LogP contribution in [0.2, 0.25) is 0 Å². The maximum Gasteiger partial charge on any atom is 0.307 e. The summed E-state index contributed by atoms with van der Waals surface area (Å²) in [5.74, 6) is 0.326. The molecule has 0 radical (unpaired) electrons. The Bertz CT molecular complexity index is 797. The Morgan fingerprint density at radius 1 is 1.40 bits per heavy atom. The van der Waals surface area contributed by atoms with E-state index in [1.165, 1.54) is 24.3 Å². The summed E-state index contributed by atoms with van der Waals surface area (Å²) in [7, 11) is 0. The summed E-state index contributed by atoms with van der Waals surface area (Å²) in [6.45, 7) is 1.66. The number of carbonyl (C=O) groups excluding carboxylic acids is 1. The summed E-state index contributed by atoms with van der Waals surface area (Å²) in [5.41, 5.74) is 0.533. The van der Waals surface area contributed by atoms with Crippen LogP contribution in [0.1, 0.15) is 38.2 Å². The lowest BCUT2D eigenvalue weighted by Crippen LogP contribution is -2.12. The average Bonchev–Trinajstić information content (AvgIpc) is 3.26. The summed E-state index contributed by atoms with van der Waals surface area (Å²) < 4.78 is 10.9. The van der Waals surface area contributed by atoms with E-state index in [1.54, 1.807) is 6.92 Å². The number of rotatable bonds is 6. The number of esters is 1. The lowest BCUT2D eigenvalue weighted by molar-refractivity contribution is -0.384. The number of allylic oxidation sites excluding steroid dienone is 2. The molecule has 0 saturated carbocycles. The van der Waals surface area contributed by atoms with Crippen LogP contribution in [0.15, 0.2) is 40.8 Å². The first kappa shape index (κ1) is 16.8. The van der Waals surface area contributed by atoms with Crippen molar-refractivity contribution in [1.29, 1.82) is 0 Å². The van der Waals surface area contributed by atoms with Crippen LogP contribution in [0.4, 0.5) is 5.69 Å². The second-order valence-electron chi connectivity index (χ2n) is 5.85. The van der Waals surface area contributed by atoms with Crippen LogP contribution in [0.5, 0.6) is 0 Å². The fourth-order valence-electron chi connectivity index (χ4n) is 2.62. The predicted octanol–water partition coefficient (Wildman–Crippen LogP) is 3.61. The predicted molar refractivity (Wildman–Crippen MR) is 87.4 cm³/mol. The average molecular weight is 343 g/mol. The molecule has 0 aliphatic heterocycles. The van der Waals surface area contributed by atoms with Crippen molar-refractivity contribution in [3.63, 3.8) is 0 Å². The minimum absolute atomic E-state index is 0.0215.